The Labute approximate surface area is 98.8 Å². The van der Waals surface area contributed by atoms with E-state index in [2.05, 4.69) is 10.6 Å². The van der Waals surface area contributed by atoms with E-state index >= 15 is 0 Å². The molecule has 17 heavy (non-hydrogen) atoms. The van der Waals surface area contributed by atoms with Gasteiger partial charge in [0.15, 0.2) is 0 Å². The number of hydrogen-bond acceptors (Lipinski definition) is 3. The first-order valence-electron chi connectivity index (χ1n) is 5.60. The van der Waals surface area contributed by atoms with Crippen molar-refractivity contribution in [2.45, 2.75) is 6.10 Å². The second kappa shape index (κ2) is 5.25. The van der Waals surface area contributed by atoms with E-state index in [9.17, 15) is 14.3 Å². The molecule has 1 amide bonds. The van der Waals surface area contributed by atoms with Crippen molar-refractivity contribution in [3.8, 4) is 0 Å². The van der Waals surface area contributed by atoms with Gasteiger partial charge >= 0.3 is 0 Å². The van der Waals surface area contributed by atoms with E-state index in [4.69, 9.17) is 0 Å². The summed E-state index contributed by atoms with van der Waals surface area (Å²) in [5.74, 6) is -0.983. The SMILES string of the molecule is O=C(NCC1CNCC1O)c1ccccc1F. The molecule has 1 heterocycles. The third-order valence-corrected chi connectivity index (χ3v) is 2.95. The summed E-state index contributed by atoms with van der Waals surface area (Å²) in [5.41, 5.74) is 0.0351. The maximum absolute atomic E-state index is 13.3. The first kappa shape index (κ1) is 12.0. The number of β-amino-alcohol motifs (C(OH)–C–C–N with tert-alkyl or cyclic N) is 1. The van der Waals surface area contributed by atoms with Crippen molar-refractivity contribution >= 4 is 5.91 Å². The van der Waals surface area contributed by atoms with Crippen LogP contribution in [0.4, 0.5) is 4.39 Å². The summed E-state index contributed by atoms with van der Waals surface area (Å²) in [6, 6.07) is 5.84. The Morgan fingerprint density at radius 3 is 2.88 bits per heavy atom. The van der Waals surface area contributed by atoms with E-state index in [-0.39, 0.29) is 11.5 Å². The number of benzene rings is 1. The molecule has 1 fully saturated rings. The maximum Gasteiger partial charge on any atom is 0.254 e. The van der Waals surface area contributed by atoms with Crippen LogP contribution < -0.4 is 10.6 Å². The second-order valence-electron chi connectivity index (χ2n) is 4.18. The predicted molar refractivity (Wildman–Crippen MR) is 61.1 cm³/mol. The molecule has 2 rings (SSSR count). The van der Waals surface area contributed by atoms with Crippen molar-refractivity contribution in [3.05, 3.63) is 35.6 Å². The van der Waals surface area contributed by atoms with Gasteiger partial charge in [-0.25, -0.2) is 4.39 Å². The third-order valence-electron chi connectivity index (χ3n) is 2.95. The van der Waals surface area contributed by atoms with Gasteiger partial charge in [0.2, 0.25) is 0 Å². The zero-order chi connectivity index (χ0) is 12.3. The van der Waals surface area contributed by atoms with E-state index in [1.807, 2.05) is 0 Å². The van der Waals surface area contributed by atoms with Crippen LogP contribution in [0.5, 0.6) is 0 Å². The quantitative estimate of drug-likeness (QED) is 0.701. The summed E-state index contributed by atoms with van der Waals surface area (Å²) < 4.78 is 13.3. The highest BCUT2D eigenvalue weighted by Gasteiger charge is 2.25. The molecule has 1 aromatic rings. The van der Waals surface area contributed by atoms with Gasteiger partial charge in [0, 0.05) is 25.6 Å². The Balaban J connectivity index is 1.91. The fourth-order valence-corrected chi connectivity index (χ4v) is 1.89. The number of hydrogen-bond donors (Lipinski definition) is 3. The van der Waals surface area contributed by atoms with Crippen LogP contribution in [0.2, 0.25) is 0 Å². The molecular weight excluding hydrogens is 223 g/mol. The van der Waals surface area contributed by atoms with Crippen LogP contribution >= 0.6 is 0 Å². The van der Waals surface area contributed by atoms with Gasteiger partial charge in [-0.05, 0) is 12.1 Å². The largest absolute Gasteiger partial charge is 0.391 e. The van der Waals surface area contributed by atoms with Gasteiger partial charge in [-0.2, -0.15) is 0 Å². The molecule has 2 atom stereocenters. The van der Waals surface area contributed by atoms with Gasteiger partial charge in [0.1, 0.15) is 5.82 Å². The first-order chi connectivity index (χ1) is 8.18. The number of rotatable bonds is 3. The van der Waals surface area contributed by atoms with Crippen LogP contribution in [0.15, 0.2) is 24.3 Å². The van der Waals surface area contributed by atoms with Crippen LogP contribution in [0.25, 0.3) is 0 Å². The number of aliphatic hydroxyl groups is 1. The number of carbonyl (C=O) groups excluding carboxylic acids is 1. The van der Waals surface area contributed by atoms with Crippen molar-refractivity contribution < 1.29 is 14.3 Å². The topological polar surface area (TPSA) is 61.4 Å². The van der Waals surface area contributed by atoms with Gasteiger partial charge in [-0.1, -0.05) is 12.1 Å². The zero-order valence-electron chi connectivity index (χ0n) is 9.32. The molecule has 5 heteroatoms. The van der Waals surface area contributed by atoms with Gasteiger partial charge in [0.25, 0.3) is 5.91 Å². The molecule has 4 nitrogen and oxygen atoms in total. The molecule has 1 aliphatic rings. The third kappa shape index (κ3) is 2.81. The number of aliphatic hydroxyl groups excluding tert-OH is 1. The van der Waals surface area contributed by atoms with Gasteiger partial charge in [-0.3, -0.25) is 4.79 Å². The molecule has 3 N–H and O–H groups in total. The normalized spacial score (nSPS) is 23.6. The van der Waals surface area contributed by atoms with E-state index < -0.39 is 17.8 Å². The molecule has 0 aromatic heterocycles. The van der Waals surface area contributed by atoms with Crippen molar-refractivity contribution in [1.82, 2.24) is 10.6 Å². The second-order valence-corrected chi connectivity index (χ2v) is 4.18. The van der Waals surface area contributed by atoms with E-state index in [0.717, 1.165) is 0 Å². The van der Waals surface area contributed by atoms with Crippen LogP contribution in [-0.4, -0.2) is 36.8 Å². The van der Waals surface area contributed by atoms with Crippen molar-refractivity contribution in [1.29, 1.82) is 0 Å². The van der Waals surface area contributed by atoms with Crippen LogP contribution in [0.3, 0.4) is 0 Å². The monoisotopic (exact) mass is 238 g/mol. The molecule has 0 spiro atoms. The minimum absolute atomic E-state index is 0.00859. The highest BCUT2D eigenvalue weighted by atomic mass is 19.1. The highest BCUT2D eigenvalue weighted by molar-refractivity contribution is 5.94. The fourth-order valence-electron chi connectivity index (χ4n) is 1.89. The Morgan fingerprint density at radius 2 is 2.24 bits per heavy atom. The Kier molecular flexibility index (Phi) is 3.71. The molecule has 1 saturated heterocycles. The number of halogens is 1. The molecule has 0 aliphatic carbocycles. The van der Waals surface area contributed by atoms with Crippen molar-refractivity contribution in [2.75, 3.05) is 19.6 Å². The lowest BCUT2D eigenvalue weighted by Gasteiger charge is -2.14. The van der Waals surface area contributed by atoms with Gasteiger partial charge < -0.3 is 15.7 Å². The summed E-state index contributed by atoms with van der Waals surface area (Å²) >= 11 is 0. The molecule has 1 aromatic carbocycles. The number of carbonyl (C=O) groups is 1. The molecule has 2 unspecified atom stereocenters. The van der Waals surface area contributed by atoms with Crippen LogP contribution in [0, 0.1) is 11.7 Å². The average Bonchev–Trinajstić information content (AvgIpc) is 2.72. The Hall–Kier alpha value is -1.46. The van der Waals surface area contributed by atoms with E-state index in [1.54, 1.807) is 6.07 Å². The zero-order valence-corrected chi connectivity index (χ0v) is 9.32. The first-order valence-corrected chi connectivity index (χ1v) is 5.60. The molecule has 0 bridgehead atoms. The summed E-state index contributed by atoms with van der Waals surface area (Å²) in [7, 11) is 0. The molecular formula is C12H15FN2O2. The number of amides is 1. The smallest absolute Gasteiger partial charge is 0.254 e. The molecule has 0 saturated carbocycles. The summed E-state index contributed by atoms with van der Waals surface area (Å²) in [6.45, 7) is 1.56. The lowest BCUT2D eigenvalue weighted by atomic mass is 10.1. The fraction of sp³-hybridized carbons (Fsp3) is 0.417. The summed E-state index contributed by atoms with van der Waals surface area (Å²) in [4.78, 5) is 11.7. The van der Waals surface area contributed by atoms with Crippen LogP contribution in [-0.2, 0) is 0 Å². The van der Waals surface area contributed by atoms with Crippen LogP contribution in [0.1, 0.15) is 10.4 Å². The van der Waals surface area contributed by atoms with E-state index in [1.165, 1.54) is 18.2 Å². The number of nitrogens with one attached hydrogen (secondary N) is 2. The Bertz CT molecular complexity index is 411. The average molecular weight is 238 g/mol. The summed E-state index contributed by atoms with van der Waals surface area (Å²) in [5, 5.41) is 15.2. The molecule has 0 radical (unpaired) electrons. The highest BCUT2D eigenvalue weighted by Crippen LogP contribution is 2.09. The van der Waals surface area contributed by atoms with Crippen molar-refractivity contribution in [3.63, 3.8) is 0 Å². The van der Waals surface area contributed by atoms with E-state index in [0.29, 0.717) is 19.6 Å². The summed E-state index contributed by atoms with van der Waals surface area (Å²) in [6.07, 6.45) is -0.448. The molecule has 92 valence electrons. The lowest BCUT2D eigenvalue weighted by Crippen LogP contribution is -2.34. The predicted octanol–water partition coefficient (Wildman–Crippen LogP) is 0.136. The minimum atomic E-state index is -0.532. The lowest BCUT2D eigenvalue weighted by molar-refractivity contribution is 0.0923. The molecule has 1 aliphatic heterocycles. The standard InChI is InChI=1S/C12H15FN2O2/c13-10-4-2-1-3-9(10)12(17)15-6-8-5-14-7-11(8)16/h1-4,8,11,14,16H,5-7H2,(H,15,17). The maximum atomic E-state index is 13.3. The van der Waals surface area contributed by atoms with Gasteiger partial charge in [0.05, 0.1) is 11.7 Å². The van der Waals surface area contributed by atoms with Gasteiger partial charge in [-0.15, -0.1) is 0 Å². The minimum Gasteiger partial charge on any atom is -0.391 e. The Morgan fingerprint density at radius 1 is 1.47 bits per heavy atom. The van der Waals surface area contributed by atoms with Crippen molar-refractivity contribution in [2.24, 2.45) is 5.92 Å².